The van der Waals surface area contributed by atoms with Crippen molar-refractivity contribution in [3.8, 4) is 5.75 Å². The zero-order chi connectivity index (χ0) is 22.1. The van der Waals surface area contributed by atoms with Gasteiger partial charge in [-0.1, -0.05) is 12.5 Å². The van der Waals surface area contributed by atoms with E-state index in [-0.39, 0.29) is 36.5 Å². The van der Waals surface area contributed by atoms with Crippen LogP contribution < -0.4 is 26.0 Å². The normalized spacial score (nSPS) is 21.5. The first-order valence-electron chi connectivity index (χ1n) is 10.5. The topological polar surface area (TPSA) is 126 Å². The molecule has 10 heteroatoms. The number of ether oxygens (including phenoxy) is 1. The molecule has 2 aliphatic heterocycles. The zero-order valence-electron chi connectivity index (χ0n) is 17.2. The van der Waals surface area contributed by atoms with Crippen LogP contribution >= 0.6 is 11.8 Å². The first-order valence-corrected chi connectivity index (χ1v) is 11.5. The highest BCUT2D eigenvalue weighted by Gasteiger charge is 2.42. The summed E-state index contributed by atoms with van der Waals surface area (Å²) in [6.45, 7) is 0.607. The lowest BCUT2D eigenvalue weighted by Gasteiger charge is -2.16. The Kier molecular flexibility index (Phi) is 8.57. The number of aldehydes is 1. The van der Waals surface area contributed by atoms with Crippen LogP contribution in [0.3, 0.4) is 0 Å². The average Bonchev–Trinajstić information content (AvgIpc) is 3.32. The quantitative estimate of drug-likeness (QED) is 0.213. The van der Waals surface area contributed by atoms with Crippen molar-refractivity contribution in [2.24, 2.45) is 0 Å². The molecular formula is C21H28N4O5S. The molecule has 0 saturated carbocycles. The smallest absolute Gasteiger partial charge is 0.315 e. The zero-order valence-corrected chi connectivity index (χ0v) is 18.0. The van der Waals surface area contributed by atoms with Crippen molar-refractivity contribution in [1.82, 2.24) is 21.3 Å². The minimum atomic E-state index is -0.272. The maximum Gasteiger partial charge on any atom is 0.315 e. The van der Waals surface area contributed by atoms with Gasteiger partial charge in [-0.25, -0.2) is 4.79 Å². The van der Waals surface area contributed by atoms with E-state index in [9.17, 15) is 19.2 Å². The Labute approximate surface area is 185 Å². The van der Waals surface area contributed by atoms with E-state index < -0.39 is 0 Å². The van der Waals surface area contributed by atoms with Gasteiger partial charge in [0.25, 0.3) is 5.91 Å². The summed E-state index contributed by atoms with van der Waals surface area (Å²) in [7, 11) is 0. The molecule has 0 unspecified atom stereocenters. The number of unbranched alkanes of at least 4 members (excludes halogenated alkanes) is 1. The molecule has 0 aromatic heterocycles. The fourth-order valence-corrected chi connectivity index (χ4v) is 5.24. The summed E-state index contributed by atoms with van der Waals surface area (Å²) < 4.78 is 5.18. The minimum absolute atomic E-state index is 0.0358. The third kappa shape index (κ3) is 6.88. The molecule has 4 N–H and O–H groups in total. The van der Waals surface area contributed by atoms with Gasteiger partial charge in [0.15, 0.2) is 6.29 Å². The van der Waals surface area contributed by atoms with Gasteiger partial charge in [0.1, 0.15) is 12.4 Å². The summed E-state index contributed by atoms with van der Waals surface area (Å²) in [5.41, 5.74) is 0.426. The summed E-state index contributed by atoms with van der Waals surface area (Å²) in [4.78, 5) is 45.9. The SMILES string of the molecule is O=CCOc1cccc(C(=O)NCCNC(=O)CCCC[C@@H]2SC[C@@H]3NC(=O)N[C@@H]32)c1. The molecule has 4 amide bonds. The molecule has 0 aliphatic carbocycles. The summed E-state index contributed by atoms with van der Waals surface area (Å²) in [6.07, 6.45) is 3.79. The van der Waals surface area contributed by atoms with Crippen molar-refractivity contribution in [1.29, 1.82) is 0 Å². The van der Waals surface area contributed by atoms with Crippen molar-refractivity contribution in [3.63, 3.8) is 0 Å². The van der Waals surface area contributed by atoms with Crippen molar-refractivity contribution in [3.05, 3.63) is 29.8 Å². The standard InChI is InChI=1S/C21H28N4O5S/c26-10-11-30-15-5-3-4-14(12-15)20(28)23-9-8-22-18(27)7-2-1-6-17-19-16(13-31-17)24-21(29)25-19/h3-5,10,12,16-17,19H,1-2,6-9,11,13H2,(H,22,27)(H,23,28)(H2,24,25,29)/t16-,17-,19-/m0/s1. The van der Waals surface area contributed by atoms with Gasteiger partial charge in [-0.3, -0.25) is 14.4 Å². The molecule has 3 rings (SSSR count). The lowest BCUT2D eigenvalue weighted by atomic mass is 10.0. The Bertz CT molecular complexity index is 806. The van der Waals surface area contributed by atoms with Crippen LogP contribution in [0, 0.1) is 0 Å². The maximum atomic E-state index is 12.2. The number of carbonyl (C=O) groups excluding carboxylic acids is 4. The van der Waals surface area contributed by atoms with Gasteiger partial charge in [-0.05, 0) is 31.0 Å². The average molecular weight is 449 g/mol. The monoisotopic (exact) mass is 448 g/mol. The Balaban J connectivity index is 1.25. The molecule has 3 atom stereocenters. The number of rotatable bonds is 12. The second kappa shape index (κ2) is 11.6. The Morgan fingerprint density at radius 2 is 2.03 bits per heavy atom. The van der Waals surface area contributed by atoms with Crippen LogP contribution in [0.15, 0.2) is 24.3 Å². The van der Waals surface area contributed by atoms with Gasteiger partial charge in [0, 0.05) is 36.1 Å². The lowest BCUT2D eigenvalue weighted by Crippen LogP contribution is -2.36. The van der Waals surface area contributed by atoms with E-state index in [0.29, 0.717) is 42.4 Å². The van der Waals surface area contributed by atoms with E-state index in [1.165, 1.54) is 0 Å². The number of hydrogen-bond donors (Lipinski definition) is 4. The second-order valence-corrected chi connectivity index (χ2v) is 8.75. The Morgan fingerprint density at radius 1 is 1.19 bits per heavy atom. The Morgan fingerprint density at radius 3 is 2.87 bits per heavy atom. The van der Waals surface area contributed by atoms with Crippen molar-refractivity contribution in [2.75, 3.05) is 25.4 Å². The van der Waals surface area contributed by atoms with E-state index in [1.54, 1.807) is 24.3 Å². The first-order chi connectivity index (χ1) is 15.1. The third-order valence-electron chi connectivity index (χ3n) is 5.23. The molecule has 0 bridgehead atoms. The number of urea groups is 1. The number of fused-ring (bicyclic) bond motifs is 1. The number of benzene rings is 1. The summed E-state index contributed by atoms with van der Waals surface area (Å²) in [6, 6.07) is 6.92. The molecule has 2 aliphatic rings. The molecule has 1 aromatic carbocycles. The maximum absolute atomic E-state index is 12.2. The van der Waals surface area contributed by atoms with Crippen LogP contribution in [0.2, 0.25) is 0 Å². The van der Waals surface area contributed by atoms with Crippen LogP contribution in [0.5, 0.6) is 5.75 Å². The van der Waals surface area contributed by atoms with Crippen LogP contribution in [-0.2, 0) is 9.59 Å². The number of thioether (sulfide) groups is 1. The van der Waals surface area contributed by atoms with Crippen molar-refractivity contribution >= 4 is 35.9 Å². The molecule has 31 heavy (non-hydrogen) atoms. The fourth-order valence-electron chi connectivity index (χ4n) is 3.70. The largest absolute Gasteiger partial charge is 0.486 e. The number of carbonyl (C=O) groups is 4. The highest BCUT2D eigenvalue weighted by Crippen LogP contribution is 2.33. The van der Waals surface area contributed by atoms with Gasteiger partial charge >= 0.3 is 6.03 Å². The van der Waals surface area contributed by atoms with Crippen molar-refractivity contribution < 1.29 is 23.9 Å². The molecular weight excluding hydrogens is 420 g/mol. The van der Waals surface area contributed by atoms with Crippen LogP contribution in [0.4, 0.5) is 4.79 Å². The first kappa shape index (κ1) is 22.9. The predicted octanol–water partition coefficient (Wildman–Crippen LogP) is 0.836. The van der Waals surface area contributed by atoms with Crippen LogP contribution in [-0.4, -0.2) is 66.9 Å². The minimum Gasteiger partial charge on any atom is -0.486 e. The van der Waals surface area contributed by atoms with Crippen LogP contribution in [0.1, 0.15) is 36.0 Å². The molecule has 168 valence electrons. The summed E-state index contributed by atoms with van der Waals surface area (Å²) in [5.74, 6) is 1.08. The van der Waals surface area contributed by atoms with Gasteiger partial charge in [-0.2, -0.15) is 11.8 Å². The predicted molar refractivity (Wildman–Crippen MR) is 117 cm³/mol. The van der Waals surface area contributed by atoms with Gasteiger partial charge in [0.2, 0.25) is 5.91 Å². The van der Waals surface area contributed by atoms with E-state index in [0.717, 1.165) is 25.0 Å². The number of amides is 4. The van der Waals surface area contributed by atoms with E-state index in [2.05, 4.69) is 21.3 Å². The molecule has 1 aromatic rings. The van der Waals surface area contributed by atoms with E-state index in [4.69, 9.17) is 4.74 Å². The highest BCUT2D eigenvalue weighted by molar-refractivity contribution is 8.00. The van der Waals surface area contributed by atoms with Gasteiger partial charge in [-0.15, -0.1) is 0 Å². The van der Waals surface area contributed by atoms with E-state index >= 15 is 0 Å². The molecule has 0 radical (unpaired) electrons. The number of hydrogen-bond acceptors (Lipinski definition) is 6. The summed E-state index contributed by atoms with van der Waals surface area (Å²) >= 11 is 1.88. The van der Waals surface area contributed by atoms with Crippen LogP contribution in [0.25, 0.3) is 0 Å². The molecule has 2 heterocycles. The number of nitrogens with one attached hydrogen (secondary N) is 4. The van der Waals surface area contributed by atoms with Crippen molar-refractivity contribution in [2.45, 2.75) is 43.0 Å². The molecule has 9 nitrogen and oxygen atoms in total. The van der Waals surface area contributed by atoms with Gasteiger partial charge < -0.3 is 26.0 Å². The van der Waals surface area contributed by atoms with Gasteiger partial charge in [0.05, 0.1) is 12.1 Å². The van der Waals surface area contributed by atoms with E-state index in [1.807, 2.05) is 11.8 Å². The molecule has 0 spiro atoms. The molecule has 2 saturated heterocycles. The second-order valence-electron chi connectivity index (χ2n) is 7.48. The third-order valence-corrected chi connectivity index (χ3v) is 6.74. The summed E-state index contributed by atoms with van der Waals surface area (Å²) in [5, 5.41) is 11.9. The lowest BCUT2D eigenvalue weighted by molar-refractivity contribution is -0.121. The fraction of sp³-hybridized carbons (Fsp3) is 0.524. The highest BCUT2D eigenvalue weighted by atomic mass is 32.2. The Hall–Kier alpha value is -2.75. The molecule has 2 fully saturated rings.